The predicted octanol–water partition coefficient (Wildman–Crippen LogP) is 5.65. The monoisotopic (exact) mass is 518 g/mol. The zero-order valence-corrected chi connectivity index (χ0v) is 21.3. The Balaban J connectivity index is 1.73. The second-order valence-electron chi connectivity index (χ2n) is 9.30. The fraction of sp³-hybridized carbons (Fsp3) is 0.276. The van der Waals surface area contributed by atoms with Crippen LogP contribution in [0.2, 0.25) is 5.02 Å². The van der Waals surface area contributed by atoms with Gasteiger partial charge in [-0.2, -0.15) is 0 Å². The largest absolute Gasteiger partial charge is 0.351 e. The van der Waals surface area contributed by atoms with Gasteiger partial charge in [-0.3, -0.25) is 14.4 Å². The number of likely N-dealkylation sites (tertiary alicyclic amines) is 1. The number of carbonyl (C=O) groups is 3. The van der Waals surface area contributed by atoms with E-state index >= 15 is 0 Å². The molecule has 2 amide bonds. The molecule has 1 saturated heterocycles. The van der Waals surface area contributed by atoms with Crippen molar-refractivity contribution in [3.63, 3.8) is 0 Å². The van der Waals surface area contributed by atoms with Gasteiger partial charge in [0.05, 0.1) is 16.8 Å². The lowest BCUT2D eigenvalue weighted by Crippen LogP contribution is -2.49. The van der Waals surface area contributed by atoms with Crippen LogP contribution in [0.15, 0.2) is 84.8 Å². The molecule has 1 saturated carbocycles. The van der Waals surface area contributed by atoms with Crippen LogP contribution in [0.4, 0.5) is 0 Å². The molecule has 5 nitrogen and oxygen atoms in total. The number of ketones is 1. The summed E-state index contributed by atoms with van der Waals surface area (Å²) in [6.07, 6.45) is 3.21. The van der Waals surface area contributed by atoms with E-state index in [0.717, 1.165) is 24.0 Å². The lowest BCUT2D eigenvalue weighted by molar-refractivity contribution is -0.141. The van der Waals surface area contributed by atoms with E-state index in [1.54, 1.807) is 23.1 Å². The molecule has 0 radical (unpaired) electrons. The molecule has 4 unspecified atom stereocenters. The van der Waals surface area contributed by atoms with Crippen molar-refractivity contribution in [2.24, 2.45) is 11.8 Å². The third kappa shape index (κ3) is 4.63. The van der Waals surface area contributed by atoms with Crippen LogP contribution >= 0.6 is 22.9 Å². The molecule has 1 aromatic heterocycles. The molecule has 2 aliphatic rings. The van der Waals surface area contributed by atoms with Crippen LogP contribution < -0.4 is 5.32 Å². The smallest absolute Gasteiger partial charge is 0.243 e. The van der Waals surface area contributed by atoms with E-state index in [9.17, 15) is 14.4 Å². The van der Waals surface area contributed by atoms with Gasteiger partial charge in [-0.25, -0.2) is 0 Å². The van der Waals surface area contributed by atoms with E-state index in [1.807, 2.05) is 60.0 Å². The van der Waals surface area contributed by atoms with E-state index < -0.39 is 23.9 Å². The van der Waals surface area contributed by atoms with Gasteiger partial charge >= 0.3 is 0 Å². The number of amides is 2. The van der Waals surface area contributed by atoms with Gasteiger partial charge in [-0.1, -0.05) is 66.2 Å². The summed E-state index contributed by atoms with van der Waals surface area (Å²) in [7, 11) is 0. The first-order valence-electron chi connectivity index (χ1n) is 12.1. The first kappa shape index (κ1) is 24.5. The topological polar surface area (TPSA) is 66.5 Å². The van der Waals surface area contributed by atoms with E-state index in [4.69, 9.17) is 11.6 Å². The normalized spacial score (nSPS) is 23.3. The van der Waals surface area contributed by atoms with Crippen molar-refractivity contribution in [2.45, 2.75) is 30.8 Å². The second kappa shape index (κ2) is 10.4. The number of halogens is 1. The molecule has 0 spiro atoms. The maximum atomic E-state index is 14.2. The first-order chi connectivity index (χ1) is 17.5. The number of rotatable bonds is 8. The molecule has 2 heterocycles. The van der Waals surface area contributed by atoms with Crippen LogP contribution in [-0.4, -0.2) is 35.1 Å². The molecule has 1 aliphatic carbocycles. The van der Waals surface area contributed by atoms with E-state index in [-0.39, 0.29) is 30.1 Å². The Kier molecular flexibility index (Phi) is 7.08. The highest BCUT2D eigenvalue weighted by atomic mass is 35.5. The van der Waals surface area contributed by atoms with Gasteiger partial charge in [0.1, 0.15) is 6.04 Å². The number of hydrogen-bond donors (Lipinski definition) is 1. The third-order valence-corrected chi connectivity index (χ3v) is 8.14. The lowest BCUT2D eigenvalue weighted by atomic mass is 9.77. The summed E-state index contributed by atoms with van der Waals surface area (Å²) in [5.74, 6) is -1.72. The summed E-state index contributed by atoms with van der Waals surface area (Å²) in [5, 5.41) is 5.35. The molecule has 7 heteroatoms. The Morgan fingerprint density at radius 1 is 1.00 bits per heavy atom. The molecule has 2 fully saturated rings. The Hall–Kier alpha value is -3.22. The number of nitrogens with one attached hydrogen (secondary N) is 1. The second-order valence-corrected chi connectivity index (χ2v) is 10.7. The molecule has 2 aromatic carbocycles. The Morgan fingerprint density at radius 2 is 1.72 bits per heavy atom. The van der Waals surface area contributed by atoms with E-state index in [1.165, 1.54) is 11.3 Å². The fourth-order valence-electron chi connectivity index (χ4n) is 5.28. The third-order valence-electron chi connectivity index (χ3n) is 7.00. The summed E-state index contributed by atoms with van der Waals surface area (Å²) >= 11 is 7.58. The highest BCUT2D eigenvalue weighted by molar-refractivity contribution is 7.12. The Bertz CT molecular complexity index is 1260. The number of hydrogen-bond acceptors (Lipinski definition) is 4. The van der Waals surface area contributed by atoms with Gasteiger partial charge in [0.2, 0.25) is 11.8 Å². The van der Waals surface area contributed by atoms with Crippen molar-refractivity contribution in [3.05, 3.63) is 106 Å². The molecular formula is C29H27ClN2O3S. The minimum absolute atomic E-state index is 0.0635. The average molecular weight is 519 g/mol. The van der Waals surface area contributed by atoms with E-state index in [0.29, 0.717) is 9.90 Å². The lowest BCUT2D eigenvalue weighted by Gasteiger charge is -2.31. The molecule has 36 heavy (non-hydrogen) atoms. The van der Waals surface area contributed by atoms with Crippen molar-refractivity contribution in [2.75, 3.05) is 6.54 Å². The number of thiophene rings is 1. The average Bonchev–Trinajstić information content (AvgIpc) is 3.48. The van der Waals surface area contributed by atoms with Crippen LogP contribution in [0.5, 0.6) is 0 Å². The molecule has 4 atom stereocenters. The zero-order valence-electron chi connectivity index (χ0n) is 19.7. The number of carbonyl (C=O) groups excluding carboxylic acids is 3. The van der Waals surface area contributed by atoms with Gasteiger partial charge in [-0.05, 0) is 47.5 Å². The SMILES string of the molecule is C=CCNC(=O)C1C(c2ccc(Cl)cc2)C(C(=O)c2cccs2)C(c2ccccc2)N1C(=O)C1CC1. The molecule has 0 bridgehead atoms. The maximum Gasteiger partial charge on any atom is 0.243 e. The summed E-state index contributed by atoms with van der Waals surface area (Å²) in [5.41, 5.74) is 1.65. The number of nitrogens with zero attached hydrogens (tertiary/aromatic N) is 1. The minimum atomic E-state index is -0.849. The van der Waals surface area contributed by atoms with Crippen molar-refractivity contribution in [1.82, 2.24) is 10.2 Å². The van der Waals surface area contributed by atoms with Gasteiger partial charge in [-0.15, -0.1) is 17.9 Å². The molecule has 3 aromatic rings. The first-order valence-corrected chi connectivity index (χ1v) is 13.4. The Morgan fingerprint density at radius 3 is 2.33 bits per heavy atom. The van der Waals surface area contributed by atoms with Crippen molar-refractivity contribution in [3.8, 4) is 0 Å². The van der Waals surface area contributed by atoms with Gasteiger partial charge < -0.3 is 10.2 Å². The number of Topliss-reactive ketones (excluding diaryl/α,β-unsaturated/α-hetero) is 1. The van der Waals surface area contributed by atoms with Crippen LogP contribution in [0.1, 0.15) is 45.6 Å². The highest BCUT2D eigenvalue weighted by Gasteiger charge is 2.58. The maximum absolute atomic E-state index is 14.2. The Labute approximate surface area is 219 Å². The van der Waals surface area contributed by atoms with Gasteiger partial charge in [0.15, 0.2) is 5.78 Å². The summed E-state index contributed by atoms with van der Waals surface area (Å²) in [4.78, 5) is 44.1. The quantitative estimate of drug-likeness (QED) is 0.309. The summed E-state index contributed by atoms with van der Waals surface area (Å²) < 4.78 is 0. The molecule has 5 rings (SSSR count). The predicted molar refractivity (Wildman–Crippen MR) is 142 cm³/mol. The number of benzene rings is 2. The van der Waals surface area contributed by atoms with Crippen molar-refractivity contribution >= 4 is 40.5 Å². The molecule has 1 N–H and O–H groups in total. The summed E-state index contributed by atoms with van der Waals surface area (Å²) in [6, 6.07) is 19.1. The molecule has 184 valence electrons. The van der Waals surface area contributed by atoms with Crippen molar-refractivity contribution in [1.29, 1.82) is 0 Å². The van der Waals surface area contributed by atoms with Gasteiger partial charge in [0.25, 0.3) is 0 Å². The van der Waals surface area contributed by atoms with Crippen LogP contribution in [0.25, 0.3) is 0 Å². The van der Waals surface area contributed by atoms with Crippen LogP contribution in [0, 0.1) is 11.8 Å². The van der Waals surface area contributed by atoms with Gasteiger partial charge in [0, 0.05) is 23.4 Å². The van der Waals surface area contributed by atoms with E-state index in [2.05, 4.69) is 11.9 Å². The zero-order chi connectivity index (χ0) is 25.2. The van der Waals surface area contributed by atoms with Crippen LogP contribution in [0.3, 0.4) is 0 Å². The van der Waals surface area contributed by atoms with Crippen LogP contribution in [-0.2, 0) is 9.59 Å². The minimum Gasteiger partial charge on any atom is -0.351 e. The van der Waals surface area contributed by atoms with Crippen molar-refractivity contribution < 1.29 is 14.4 Å². The highest BCUT2D eigenvalue weighted by Crippen LogP contribution is 2.53. The fourth-order valence-corrected chi connectivity index (χ4v) is 6.12. The summed E-state index contributed by atoms with van der Waals surface area (Å²) in [6.45, 7) is 3.99. The molecule has 1 aliphatic heterocycles. The standard InChI is InChI=1S/C29H27ClN2O3S/c1-2-16-31-28(34)26-23(18-12-14-21(30)15-13-18)24(27(33)22-9-6-17-36-22)25(19-7-4-3-5-8-19)32(26)29(35)20-10-11-20/h2-9,12-15,17,20,23-26H,1,10-11,16H2,(H,31,34). The molecular weight excluding hydrogens is 492 g/mol.